The highest BCUT2D eigenvalue weighted by atomic mass is 35.5. The number of benzene rings is 2. The Morgan fingerprint density at radius 2 is 1.92 bits per heavy atom. The fourth-order valence-corrected chi connectivity index (χ4v) is 2.16. The fourth-order valence-electron chi connectivity index (χ4n) is 1.81. The van der Waals surface area contributed by atoms with Crippen LogP contribution < -0.4 is 5.43 Å². The number of nitrogens with zero attached hydrogens (tertiary/aromatic N) is 1. The van der Waals surface area contributed by atoms with E-state index in [-0.39, 0.29) is 10.6 Å². The first-order valence-corrected chi connectivity index (χ1v) is 7.13. The number of aromatic hydroxyl groups is 1. The molecule has 2 aromatic rings. The number of carbonyl (C=O) groups is 1. The van der Waals surface area contributed by atoms with Crippen LogP contribution in [0.4, 0.5) is 13.2 Å². The normalized spacial score (nSPS) is 11.7. The Hall–Kier alpha value is -2.25. The zero-order chi connectivity index (χ0) is 17.9. The van der Waals surface area contributed by atoms with Crippen molar-refractivity contribution in [1.29, 1.82) is 0 Å². The lowest BCUT2D eigenvalue weighted by Gasteiger charge is -2.12. The molecule has 0 atom stereocenters. The number of hydrogen-bond donors (Lipinski definition) is 2. The summed E-state index contributed by atoms with van der Waals surface area (Å²) in [4.78, 5) is 11.8. The molecule has 126 valence electrons. The van der Waals surface area contributed by atoms with E-state index < -0.39 is 29.0 Å². The van der Waals surface area contributed by atoms with E-state index in [0.717, 1.165) is 6.07 Å². The number of carbonyl (C=O) groups excluding carboxylic acids is 1. The maximum atomic E-state index is 12.9. The largest absolute Gasteiger partial charge is 0.506 e. The molecule has 0 spiro atoms. The number of phenols is 1. The van der Waals surface area contributed by atoms with E-state index in [9.17, 15) is 23.1 Å². The van der Waals surface area contributed by atoms with Gasteiger partial charge < -0.3 is 5.11 Å². The standard InChI is InChI=1S/C15H9Cl2F3N2O2/c16-9-3-1-2-8(6-9)14(24)22-21-7-10-11(15(18,19)20)4-5-12(17)13(10)23/h1-7,23H,(H,22,24). The van der Waals surface area contributed by atoms with Crippen LogP contribution in [-0.4, -0.2) is 17.2 Å². The summed E-state index contributed by atoms with van der Waals surface area (Å²) in [7, 11) is 0. The van der Waals surface area contributed by atoms with Crippen LogP contribution in [0.25, 0.3) is 0 Å². The molecule has 0 aromatic heterocycles. The molecule has 0 bridgehead atoms. The molecule has 0 unspecified atom stereocenters. The van der Waals surface area contributed by atoms with Crippen molar-refractivity contribution in [2.45, 2.75) is 6.18 Å². The van der Waals surface area contributed by atoms with Gasteiger partial charge in [0.05, 0.1) is 22.4 Å². The molecule has 4 nitrogen and oxygen atoms in total. The van der Waals surface area contributed by atoms with Gasteiger partial charge in [0.15, 0.2) is 0 Å². The number of phenolic OH excluding ortho intramolecular Hbond substituents is 1. The molecule has 2 rings (SSSR count). The van der Waals surface area contributed by atoms with E-state index in [1.165, 1.54) is 18.2 Å². The second-order valence-electron chi connectivity index (χ2n) is 4.56. The molecule has 2 aromatic carbocycles. The summed E-state index contributed by atoms with van der Waals surface area (Å²) < 4.78 is 38.8. The zero-order valence-electron chi connectivity index (χ0n) is 11.7. The van der Waals surface area contributed by atoms with E-state index in [4.69, 9.17) is 23.2 Å². The van der Waals surface area contributed by atoms with E-state index in [2.05, 4.69) is 10.5 Å². The third kappa shape index (κ3) is 4.18. The van der Waals surface area contributed by atoms with Crippen LogP contribution in [-0.2, 0) is 6.18 Å². The first-order valence-electron chi connectivity index (χ1n) is 6.38. The molecule has 1 amide bonds. The summed E-state index contributed by atoms with van der Waals surface area (Å²) in [5.74, 6) is -1.46. The van der Waals surface area contributed by atoms with Crippen LogP contribution in [0.1, 0.15) is 21.5 Å². The Bertz CT molecular complexity index is 808. The second-order valence-corrected chi connectivity index (χ2v) is 5.41. The predicted octanol–water partition coefficient (Wildman–Crippen LogP) is 4.48. The summed E-state index contributed by atoms with van der Waals surface area (Å²) >= 11 is 11.3. The Morgan fingerprint density at radius 1 is 1.21 bits per heavy atom. The van der Waals surface area contributed by atoms with Gasteiger partial charge in [0.1, 0.15) is 5.75 Å². The lowest BCUT2D eigenvalue weighted by Crippen LogP contribution is -2.18. The van der Waals surface area contributed by atoms with Crippen molar-refractivity contribution in [1.82, 2.24) is 5.43 Å². The molecule has 0 fully saturated rings. The fraction of sp³-hybridized carbons (Fsp3) is 0.0667. The number of rotatable bonds is 3. The van der Waals surface area contributed by atoms with Gasteiger partial charge in [0, 0.05) is 10.6 Å². The zero-order valence-corrected chi connectivity index (χ0v) is 13.2. The third-order valence-corrected chi connectivity index (χ3v) is 3.46. The smallest absolute Gasteiger partial charge is 0.417 e. The van der Waals surface area contributed by atoms with E-state index in [1.807, 2.05) is 0 Å². The summed E-state index contributed by atoms with van der Waals surface area (Å²) in [5.41, 5.74) is 0.437. The topological polar surface area (TPSA) is 61.7 Å². The molecule has 0 aliphatic rings. The van der Waals surface area contributed by atoms with Crippen molar-refractivity contribution in [2.24, 2.45) is 5.10 Å². The van der Waals surface area contributed by atoms with Gasteiger partial charge in [-0.25, -0.2) is 5.43 Å². The van der Waals surface area contributed by atoms with E-state index in [0.29, 0.717) is 17.3 Å². The highest BCUT2D eigenvalue weighted by Gasteiger charge is 2.34. The summed E-state index contributed by atoms with van der Waals surface area (Å²) in [5, 5.41) is 13.2. The van der Waals surface area contributed by atoms with Gasteiger partial charge in [-0.3, -0.25) is 4.79 Å². The van der Waals surface area contributed by atoms with Crippen molar-refractivity contribution >= 4 is 35.3 Å². The van der Waals surface area contributed by atoms with E-state index >= 15 is 0 Å². The van der Waals surface area contributed by atoms with Gasteiger partial charge in [0.25, 0.3) is 5.91 Å². The Labute approximate surface area is 144 Å². The van der Waals surface area contributed by atoms with Gasteiger partial charge >= 0.3 is 6.18 Å². The number of amides is 1. The molecule has 0 heterocycles. The molecule has 0 aliphatic carbocycles. The maximum absolute atomic E-state index is 12.9. The van der Waals surface area contributed by atoms with Gasteiger partial charge in [-0.15, -0.1) is 0 Å². The minimum atomic E-state index is -4.72. The molecule has 2 N–H and O–H groups in total. The SMILES string of the molecule is O=C(NN=Cc1c(C(F)(F)F)ccc(Cl)c1O)c1cccc(Cl)c1. The minimum absolute atomic E-state index is 0.172. The van der Waals surface area contributed by atoms with Gasteiger partial charge in [-0.05, 0) is 30.3 Å². The molecular weight excluding hydrogens is 368 g/mol. The number of alkyl halides is 3. The van der Waals surface area contributed by atoms with E-state index in [1.54, 1.807) is 6.07 Å². The third-order valence-electron chi connectivity index (χ3n) is 2.92. The van der Waals surface area contributed by atoms with Crippen LogP contribution in [0.5, 0.6) is 5.75 Å². The van der Waals surface area contributed by atoms with Crippen LogP contribution in [0, 0.1) is 0 Å². The number of nitrogens with one attached hydrogen (secondary N) is 1. The maximum Gasteiger partial charge on any atom is 0.417 e. The second kappa shape index (κ2) is 7.11. The van der Waals surface area contributed by atoms with Crippen LogP contribution in [0.2, 0.25) is 10.0 Å². The molecule has 9 heteroatoms. The molecule has 0 saturated heterocycles. The van der Waals surface area contributed by atoms with Crippen LogP contribution in [0.15, 0.2) is 41.5 Å². The molecule has 0 aliphatic heterocycles. The van der Waals surface area contributed by atoms with Crippen molar-refractivity contribution < 1.29 is 23.1 Å². The van der Waals surface area contributed by atoms with Crippen molar-refractivity contribution in [3.63, 3.8) is 0 Å². The summed E-state index contributed by atoms with van der Waals surface area (Å²) in [6.45, 7) is 0. The first-order chi connectivity index (χ1) is 11.2. The quantitative estimate of drug-likeness (QED) is 0.612. The molecule has 0 radical (unpaired) electrons. The highest BCUT2D eigenvalue weighted by Crippen LogP contribution is 2.38. The van der Waals surface area contributed by atoms with Gasteiger partial charge in [0.2, 0.25) is 0 Å². The minimum Gasteiger partial charge on any atom is -0.506 e. The lowest BCUT2D eigenvalue weighted by molar-refractivity contribution is -0.137. The monoisotopic (exact) mass is 376 g/mol. The Kier molecular flexibility index (Phi) is 5.36. The first kappa shape index (κ1) is 18.1. The Morgan fingerprint density at radius 3 is 2.54 bits per heavy atom. The van der Waals surface area contributed by atoms with Gasteiger partial charge in [-0.2, -0.15) is 18.3 Å². The number of hydrazone groups is 1. The number of hydrogen-bond acceptors (Lipinski definition) is 3. The lowest BCUT2D eigenvalue weighted by atomic mass is 10.1. The van der Waals surface area contributed by atoms with Crippen LogP contribution in [0.3, 0.4) is 0 Å². The molecule has 24 heavy (non-hydrogen) atoms. The van der Waals surface area contributed by atoms with Gasteiger partial charge in [-0.1, -0.05) is 29.3 Å². The average Bonchev–Trinajstić information content (AvgIpc) is 2.50. The summed E-state index contributed by atoms with van der Waals surface area (Å²) in [6, 6.07) is 7.54. The van der Waals surface area contributed by atoms with Crippen molar-refractivity contribution in [3.8, 4) is 5.75 Å². The van der Waals surface area contributed by atoms with Crippen molar-refractivity contribution in [2.75, 3.05) is 0 Å². The number of halogens is 5. The highest BCUT2D eigenvalue weighted by molar-refractivity contribution is 6.32. The molecule has 0 saturated carbocycles. The Balaban J connectivity index is 2.26. The predicted molar refractivity (Wildman–Crippen MR) is 84.6 cm³/mol. The van der Waals surface area contributed by atoms with Crippen molar-refractivity contribution in [3.05, 3.63) is 63.1 Å². The average molecular weight is 377 g/mol. The summed E-state index contributed by atoms with van der Waals surface area (Å²) in [6.07, 6.45) is -4.05. The molecular formula is C15H9Cl2F3N2O2. The van der Waals surface area contributed by atoms with Crippen LogP contribution >= 0.6 is 23.2 Å².